The van der Waals surface area contributed by atoms with E-state index in [-0.39, 0.29) is 11.9 Å². The van der Waals surface area contributed by atoms with E-state index in [9.17, 15) is 4.79 Å². The van der Waals surface area contributed by atoms with Gasteiger partial charge in [0.05, 0.1) is 6.04 Å². The largest absolute Gasteiger partial charge is 0.354 e. The molecule has 2 N–H and O–H groups in total. The Labute approximate surface area is 98.4 Å². The highest BCUT2D eigenvalue weighted by molar-refractivity contribution is 5.82. The van der Waals surface area contributed by atoms with E-state index in [1.54, 1.807) is 0 Å². The lowest BCUT2D eigenvalue weighted by Crippen LogP contribution is -2.44. The van der Waals surface area contributed by atoms with Gasteiger partial charge in [-0.05, 0) is 43.6 Å². The summed E-state index contributed by atoms with van der Waals surface area (Å²) in [4.78, 5) is 11.9. The van der Waals surface area contributed by atoms with Gasteiger partial charge in [-0.2, -0.15) is 0 Å². The van der Waals surface area contributed by atoms with E-state index < -0.39 is 0 Å². The van der Waals surface area contributed by atoms with Gasteiger partial charge in [0.15, 0.2) is 0 Å². The molecule has 2 aliphatic rings. The van der Waals surface area contributed by atoms with E-state index in [1.165, 1.54) is 19.3 Å². The maximum Gasteiger partial charge on any atom is 0.237 e. The molecule has 4 unspecified atom stereocenters. The van der Waals surface area contributed by atoms with Crippen LogP contribution in [0.1, 0.15) is 39.5 Å². The molecule has 92 valence electrons. The summed E-state index contributed by atoms with van der Waals surface area (Å²) in [5, 5.41) is 6.39. The molecule has 1 amide bonds. The predicted octanol–water partition coefficient (Wildman–Crippen LogP) is 1.54. The van der Waals surface area contributed by atoms with Crippen LogP contribution >= 0.6 is 0 Å². The fourth-order valence-corrected chi connectivity index (χ4v) is 3.05. The van der Waals surface area contributed by atoms with E-state index in [0.717, 1.165) is 31.3 Å². The standard InChI is InChI=1S/C13H24N2O/c1-9-3-4-11(7-9)8-15-13(16)12-10(2)5-6-14-12/h9-12,14H,3-8H2,1-2H3,(H,15,16). The molecule has 0 aromatic rings. The number of carbonyl (C=O) groups excluding carboxylic acids is 1. The van der Waals surface area contributed by atoms with Crippen molar-refractivity contribution < 1.29 is 4.79 Å². The van der Waals surface area contributed by atoms with Crippen molar-refractivity contribution in [2.45, 2.75) is 45.6 Å². The normalized spacial score (nSPS) is 38.9. The third kappa shape index (κ3) is 2.76. The first-order valence-corrected chi connectivity index (χ1v) is 6.68. The molecule has 1 saturated heterocycles. The number of amides is 1. The molecular formula is C13H24N2O. The minimum absolute atomic E-state index is 0.0545. The number of hydrogen-bond acceptors (Lipinski definition) is 2. The Bertz CT molecular complexity index is 254. The van der Waals surface area contributed by atoms with Crippen molar-refractivity contribution in [3.63, 3.8) is 0 Å². The minimum Gasteiger partial charge on any atom is -0.354 e. The minimum atomic E-state index is 0.0545. The van der Waals surface area contributed by atoms with Crippen molar-refractivity contribution in [2.75, 3.05) is 13.1 Å². The van der Waals surface area contributed by atoms with Crippen LogP contribution in [-0.2, 0) is 4.79 Å². The average Bonchev–Trinajstić information content (AvgIpc) is 2.84. The van der Waals surface area contributed by atoms with E-state index >= 15 is 0 Å². The van der Waals surface area contributed by atoms with Crippen LogP contribution in [0, 0.1) is 17.8 Å². The van der Waals surface area contributed by atoms with E-state index in [1.807, 2.05) is 0 Å². The fraction of sp³-hybridized carbons (Fsp3) is 0.923. The molecule has 4 atom stereocenters. The van der Waals surface area contributed by atoms with E-state index in [0.29, 0.717) is 5.92 Å². The topological polar surface area (TPSA) is 41.1 Å². The summed E-state index contributed by atoms with van der Waals surface area (Å²) in [6.07, 6.45) is 5.03. The third-order valence-electron chi connectivity index (χ3n) is 4.18. The van der Waals surface area contributed by atoms with Gasteiger partial charge in [-0.15, -0.1) is 0 Å². The Morgan fingerprint density at radius 1 is 1.31 bits per heavy atom. The van der Waals surface area contributed by atoms with Gasteiger partial charge in [0.2, 0.25) is 5.91 Å². The highest BCUT2D eigenvalue weighted by Gasteiger charge is 2.30. The molecule has 2 fully saturated rings. The van der Waals surface area contributed by atoms with Crippen molar-refractivity contribution in [3.8, 4) is 0 Å². The summed E-state index contributed by atoms with van der Waals surface area (Å²) in [5.74, 6) is 2.27. The molecular weight excluding hydrogens is 200 g/mol. The quantitative estimate of drug-likeness (QED) is 0.763. The van der Waals surface area contributed by atoms with Gasteiger partial charge in [0, 0.05) is 6.54 Å². The molecule has 1 saturated carbocycles. The zero-order valence-corrected chi connectivity index (χ0v) is 10.5. The Morgan fingerprint density at radius 2 is 2.12 bits per heavy atom. The van der Waals surface area contributed by atoms with Crippen LogP contribution in [0.25, 0.3) is 0 Å². The predicted molar refractivity (Wildman–Crippen MR) is 65.1 cm³/mol. The van der Waals surface area contributed by atoms with Crippen LogP contribution in [0.5, 0.6) is 0 Å². The van der Waals surface area contributed by atoms with Gasteiger partial charge in [-0.3, -0.25) is 4.79 Å². The van der Waals surface area contributed by atoms with Crippen LogP contribution in [-0.4, -0.2) is 25.0 Å². The summed E-state index contributed by atoms with van der Waals surface area (Å²) in [7, 11) is 0. The smallest absolute Gasteiger partial charge is 0.237 e. The monoisotopic (exact) mass is 224 g/mol. The van der Waals surface area contributed by atoms with Crippen LogP contribution in [0.15, 0.2) is 0 Å². The molecule has 3 nitrogen and oxygen atoms in total. The second kappa shape index (κ2) is 5.17. The summed E-state index contributed by atoms with van der Waals surface area (Å²) in [6.45, 7) is 6.33. The van der Waals surface area contributed by atoms with Crippen molar-refractivity contribution in [3.05, 3.63) is 0 Å². The first-order chi connectivity index (χ1) is 7.66. The number of rotatable bonds is 3. The van der Waals surface area contributed by atoms with Crippen molar-refractivity contribution in [2.24, 2.45) is 17.8 Å². The highest BCUT2D eigenvalue weighted by Crippen LogP contribution is 2.29. The zero-order chi connectivity index (χ0) is 11.5. The van der Waals surface area contributed by atoms with E-state index in [2.05, 4.69) is 24.5 Å². The molecule has 0 bridgehead atoms. The molecule has 1 aliphatic carbocycles. The molecule has 1 heterocycles. The summed E-state index contributed by atoms with van der Waals surface area (Å²) in [5.41, 5.74) is 0. The average molecular weight is 224 g/mol. The Balaban J connectivity index is 1.71. The Morgan fingerprint density at radius 3 is 2.69 bits per heavy atom. The molecule has 0 aromatic heterocycles. The Kier molecular flexibility index (Phi) is 3.85. The first-order valence-electron chi connectivity index (χ1n) is 6.68. The fourth-order valence-electron chi connectivity index (χ4n) is 3.05. The number of hydrogen-bond donors (Lipinski definition) is 2. The molecule has 2 rings (SSSR count). The van der Waals surface area contributed by atoms with Crippen molar-refractivity contribution in [1.29, 1.82) is 0 Å². The van der Waals surface area contributed by atoms with Gasteiger partial charge >= 0.3 is 0 Å². The van der Waals surface area contributed by atoms with Gasteiger partial charge in [-0.25, -0.2) is 0 Å². The lowest BCUT2D eigenvalue weighted by Gasteiger charge is -2.17. The number of nitrogens with one attached hydrogen (secondary N) is 2. The van der Waals surface area contributed by atoms with Crippen LogP contribution in [0.2, 0.25) is 0 Å². The third-order valence-corrected chi connectivity index (χ3v) is 4.18. The van der Waals surface area contributed by atoms with Gasteiger partial charge in [0.1, 0.15) is 0 Å². The molecule has 0 radical (unpaired) electrons. The first kappa shape index (κ1) is 11.9. The van der Waals surface area contributed by atoms with Gasteiger partial charge in [-0.1, -0.05) is 20.3 Å². The molecule has 0 aromatic carbocycles. The maximum absolute atomic E-state index is 11.9. The van der Waals surface area contributed by atoms with Crippen LogP contribution in [0.3, 0.4) is 0 Å². The Hall–Kier alpha value is -0.570. The molecule has 1 aliphatic heterocycles. The summed E-state index contributed by atoms with van der Waals surface area (Å²) < 4.78 is 0. The summed E-state index contributed by atoms with van der Waals surface area (Å²) in [6, 6.07) is 0.0545. The lowest BCUT2D eigenvalue weighted by atomic mass is 10.0. The van der Waals surface area contributed by atoms with Gasteiger partial charge in [0.25, 0.3) is 0 Å². The second-order valence-corrected chi connectivity index (χ2v) is 5.73. The molecule has 3 heteroatoms. The van der Waals surface area contributed by atoms with Crippen LogP contribution < -0.4 is 10.6 Å². The zero-order valence-electron chi connectivity index (χ0n) is 10.5. The lowest BCUT2D eigenvalue weighted by molar-refractivity contribution is -0.123. The SMILES string of the molecule is CC1CCC(CNC(=O)C2NCCC2C)C1. The van der Waals surface area contributed by atoms with Gasteiger partial charge < -0.3 is 10.6 Å². The summed E-state index contributed by atoms with van der Waals surface area (Å²) >= 11 is 0. The van der Waals surface area contributed by atoms with E-state index in [4.69, 9.17) is 0 Å². The highest BCUT2D eigenvalue weighted by atomic mass is 16.2. The second-order valence-electron chi connectivity index (χ2n) is 5.73. The molecule has 0 spiro atoms. The molecule has 16 heavy (non-hydrogen) atoms. The van der Waals surface area contributed by atoms with Crippen molar-refractivity contribution in [1.82, 2.24) is 10.6 Å². The van der Waals surface area contributed by atoms with Crippen molar-refractivity contribution >= 4 is 5.91 Å². The maximum atomic E-state index is 11.9. The van der Waals surface area contributed by atoms with Crippen LogP contribution in [0.4, 0.5) is 0 Å². The number of carbonyl (C=O) groups is 1.